The summed E-state index contributed by atoms with van der Waals surface area (Å²) in [5.74, 6) is -0.310. The van der Waals surface area contributed by atoms with Gasteiger partial charge < -0.3 is 16.4 Å². The molecule has 0 bridgehead atoms. The minimum absolute atomic E-state index is 0.0145. The van der Waals surface area contributed by atoms with Gasteiger partial charge in [-0.15, -0.1) is 0 Å². The van der Waals surface area contributed by atoms with Crippen molar-refractivity contribution in [2.75, 3.05) is 13.1 Å². The average Bonchev–Trinajstić information content (AvgIpc) is 2.41. The molecule has 0 heterocycles. The first-order chi connectivity index (χ1) is 9.50. The molecule has 1 atom stereocenters. The largest absolute Gasteiger partial charge is 0.354 e. The molecule has 6 heteroatoms. The third-order valence-corrected chi connectivity index (χ3v) is 3.01. The Hall–Kier alpha value is -1.59. The van der Waals surface area contributed by atoms with Gasteiger partial charge in [0.2, 0.25) is 5.91 Å². The Kier molecular flexibility index (Phi) is 7.04. The quantitative estimate of drug-likeness (QED) is 0.664. The third-order valence-electron chi connectivity index (χ3n) is 2.68. The summed E-state index contributed by atoms with van der Waals surface area (Å²) < 4.78 is 0. The fraction of sp³-hybridized carbons (Fsp3) is 0.429. The number of nitrogens with one attached hydrogen (secondary N) is 2. The highest BCUT2D eigenvalue weighted by molar-refractivity contribution is 6.33. The van der Waals surface area contributed by atoms with Crippen LogP contribution in [-0.4, -0.2) is 30.9 Å². The fourth-order valence-electron chi connectivity index (χ4n) is 1.57. The second kappa shape index (κ2) is 8.55. The molecule has 110 valence electrons. The minimum Gasteiger partial charge on any atom is -0.354 e. The number of hydrogen-bond acceptors (Lipinski definition) is 3. The molecular weight excluding hydrogens is 278 g/mol. The number of carbonyl (C=O) groups is 2. The predicted molar refractivity (Wildman–Crippen MR) is 79.7 cm³/mol. The number of carbonyl (C=O) groups excluding carboxylic acids is 2. The van der Waals surface area contributed by atoms with E-state index in [9.17, 15) is 9.59 Å². The van der Waals surface area contributed by atoms with E-state index in [0.717, 1.165) is 0 Å². The lowest BCUT2D eigenvalue weighted by Gasteiger charge is -2.08. The van der Waals surface area contributed by atoms with E-state index in [2.05, 4.69) is 10.6 Å². The van der Waals surface area contributed by atoms with Gasteiger partial charge in [0.15, 0.2) is 0 Å². The van der Waals surface area contributed by atoms with Gasteiger partial charge in [-0.1, -0.05) is 23.7 Å². The molecule has 0 aromatic heterocycles. The highest BCUT2D eigenvalue weighted by atomic mass is 35.5. The lowest BCUT2D eigenvalue weighted by Crippen LogP contribution is -2.35. The molecule has 0 radical (unpaired) electrons. The molecule has 0 fully saturated rings. The second-order valence-corrected chi connectivity index (χ2v) is 5.01. The van der Waals surface area contributed by atoms with Gasteiger partial charge in [-0.05, 0) is 25.5 Å². The molecule has 2 amide bonds. The van der Waals surface area contributed by atoms with Crippen LogP contribution in [0.4, 0.5) is 0 Å². The zero-order valence-electron chi connectivity index (χ0n) is 11.5. The van der Waals surface area contributed by atoms with Crippen LogP contribution in [0, 0.1) is 0 Å². The molecule has 0 aliphatic heterocycles. The normalized spacial score (nSPS) is 11.8. The molecule has 0 aliphatic rings. The molecule has 0 saturated heterocycles. The zero-order chi connectivity index (χ0) is 15.0. The Morgan fingerprint density at radius 1 is 1.25 bits per heavy atom. The lowest BCUT2D eigenvalue weighted by molar-refractivity contribution is -0.121. The maximum Gasteiger partial charge on any atom is 0.252 e. The van der Waals surface area contributed by atoms with E-state index < -0.39 is 0 Å². The highest BCUT2D eigenvalue weighted by Crippen LogP contribution is 2.14. The maximum absolute atomic E-state index is 11.8. The summed E-state index contributed by atoms with van der Waals surface area (Å²) in [4.78, 5) is 23.2. The van der Waals surface area contributed by atoms with Crippen molar-refractivity contribution in [1.82, 2.24) is 10.6 Å². The summed E-state index contributed by atoms with van der Waals surface area (Å²) >= 11 is 5.91. The van der Waals surface area contributed by atoms with Crippen molar-refractivity contribution in [3.05, 3.63) is 34.9 Å². The summed E-state index contributed by atoms with van der Waals surface area (Å²) in [7, 11) is 0. The minimum atomic E-state index is -0.250. The molecular formula is C14H20ClN3O2. The van der Waals surface area contributed by atoms with Gasteiger partial charge in [0.1, 0.15) is 0 Å². The number of benzene rings is 1. The van der Waals surface area contributed by atoms with Gasteiger partial charge >= 0.3 is 0 Å². The Labute approximate surface area is 123 Å². The van der Waals surface area contributed by atoms with Crippen LogP contribution in [0.15, 0.2) is 24.3 Å². The molecule has 0 spiro atoms. The Bertz CT molecular complexity index is 463. The molecule has 1 aromatic rings. The first kappa shape index (κ1) is 16.5. The number of rotatable bonds is 7. The Balaban J connectivity index is 2.23. The van der Waals surface area contributed by atoms with E-state index in [1.54, 1.807) is 24.3 Å². The summed E-state index contributed by atoms with van der Waals surface area (Å²) in [6, 6.07) is 6.83. The number of nitrogens with two attached hydrogens (primary N) is 1. The Morgan fingerprint density at radius 3 is 2.55 bits per heavy atom. The van der Waals surface area contributed by atoms with Crippen LogP contribution >= 0.6 is 11.6 Å². The smallest absolute Gasteiger partial charge is 0.252 e. The van der Waals surface area contributed by atoms with Gasteiger partial charge in [0.25, 0.3) is 5.91 Å². The number of hydrogen-bond donors (Lipinski definition) is 3. The zero-order valence-corrected chi connectivity index (χ0v) is 12.2. The van der Waals surface area contributed by atoms with Crippen LogP contribution in [0.1, 0.15) is 30.1 Å². The van der Waals surface area contributed by atoms with E-state index in [0.29, 0.717) is 36.5 Å². The van der Waals surface area contributed by atoms with Crippen LogP contribution in [0.3, 0.4) is 0 Å². The summed E-state index contributed by atoms with van der Waals surface area (Å²) in [5, 5.41) is 5.82. The Morgan fingerprint density at radius 2 is 1.90 bits per heavy atom. The van der Waals surface area contributed by atoms with E-state index in [4.69, 9.17) is 17.3 Å². The van der Waals surface area contributed by atoms with Gasteiger partial charge in [0, 0.05) is 25.6 Å². The second-order valence-electron chi connectivity index (χ2n) is 4.60. The van der Waals surface area contributed by atoms with Gasteiger partial charge in [0.05, 0.1) is 10.6 Å². The van der Waals surface area contributed by atoms with Crippen molar-refractivity contribution in [1.29, 1.82) is 0 Å². The van der Waals surface area contributed by atoms with Gasteiger partial charge in [-0.2, -0.15) is 0 Å². The van der Waals surface area contributed by atoms with E-state index >= 15 is 0 Å². The summed E-state index contributed by atoms with van der Waals surface area (Å²) in [6.45, 7) is 2.60. The van der Waals surface area contributed by atoms with Crippen molar-refractivity contribution in [2.45, 2.75) is 25.8 Å². The lowest BCUT2D eigenvalue weighted by atomic mass is 10.2. The van der Waals surface area contributed by atoms with Crippen molar-refractivity contribution in [3.8, 4) is 0 Å². The molecule has 5 nitrogen and oxygen atoms in total. The van der Waals surface area contributed by atoms with Crippen LogP contribution < -0.4 is 16.4 Å². The number of amides is 2. The van der Waals surface area contributed by atoms with Crippen LogP contribution in [0.2, 0.25) is 5.02 Å². The SMILES string of the molecule is CC(N)CCC(=O)NCCNC(=O)c1ccccc1Cl. The first-order valence-corrected chi connectivity index (χ1v) is 6.93. The summed E-state index contributed by atoms with van der Waals surface area (Å²) in [5.41, 5.74) is 5.99. The molecule has 0 aliphatic carbocycles. The topological polar surface area (TPSA) is 84.2 Å². The van der Waals surface area contributed by atoms with Crippen molar-refractivity contribution in [3.63, 3.8) is 0 Å². The van der Waals surface area contributed by atoms with E-state index in [1.807, 2.05) is 6.92 Å². The molecule has 1 rings (SSSR count). The molecule has 1 aromatic carbocycles. The van der Waals surface area contributed by atoms with Crippen LogP contribution in [0.5, 0.6) is 0 Å². The van der Waals surface area contributed by atoms with Crippen molar-refractivity contribution < 1.29 is 9.59 Å². The maximum atomic E-state index is 11.8. The standard InChI is InChI=1S/C14H20ClN3O2/c1-10(16)6-7-13(19)17-8-9-18-14(20)11-4-2-3-5-12(11)15/h2-5,10H,6-9,16H2,1H3,(H,17,19)(H,18,20). The predicted octanol–water partition coefficient (Wildman–Crippen LogP) is 1.31. The van der Waals surface area contributed by atoms with Crippen LogP contribution in [0.25, 0.3) is 0 Å². The third kappa shape index (κ3) is 6.04. The molecule has 1 unspecified atom stereocenters. The van der Waals surface area contributed by atoms with Crippen molar-refractivity contribution >= 4 is 23.4 Å². The molecule has 20 heavy (non-hydrogen) atoms. The number of halogens is 1. The van der Waals surface area contributed by atoms with E-state index in [1.165, 1.54) is 0 Å². The summed E-state index contributed by atoms with van der Waals surface area (Å²) in [6.07, 6.45) is 1.05. The van der Waals surface area contributed by atoms with E-state index in [-0.39, 0.29) is 17.9 Å². The average molecular weight is 298 g/mol. The van der Waals surface area contributed by atoms with Gasteiger partial charge in [-0.25, -0.2) is 0 Å². The van der Waals surface area contributed by atoms with Gasteiger partial charge in [-0.3, -0.25) is 9.59 Å². The monoisotopic (exact) mass is 297 g/mol. The van der Waals surface area contributed by atoms with Crippen molar-refractivity contribution in [2.24, 2.45) is 5.73 Å². The molecule has 0 saturated carbocycles. The highest BCUT2D eigenvalue weighted by Gasteiger charge is 2.08. The first-order valence-electron chi connectivity index (χ1n) is 6.55. The fourth-order valence-corrected chi connectivity index (χ4v) is 1.79. The molecule has 4 N–H and O–H groups in total. The van der Waals surface area contributed by atoms with Crippen LogP contribution in [-0.2, 0) is 4.79 Å².